The average Bonchev–Trinajstić information content (AvgIpc) is 3.28. The first-order chi connectivity index (χ1) is 30.3. The van der Waals surface area contributed by atoms with E-state index in [4.69, 9.17) is 60.4 Å². The van der Waals surface area contributed by atoms with Gasteiger partial charge in [-0.1, -0.05) is 57.2 Å². The van der Waals surface area contributed by atoms with E-state index >= 15 is 0 Å². The van der Waals surface area contributed by atoms with Gasteiger partial charge in [-0.3, -0.25) is 0 Å². The Balaban J connectivity index is 0.000000313. The topological polar surface area (TPSA) is 151 Å². The quantitative estimate of drug-likeness (QED) is 0.0572. The first-order valence-electron chi connectivity index (χ1n) is 19.4. The van der Waals surface area contributed by atoms with Gasteiger partial charge in [0.05, 0.1) is 37.4 Å². The van der Waals surface area contributed by atoms with E-state index in [2.05, 4.69) is 88.1 Å². The van der Waals surface area contributed by atoms with E-state index < -0.39 is 15.1 Å². The number of nitrogens with one attached hydrogen (secondary N) is 2. The molecule has 0 saturated heterocycles. The Morgan fingerprint density at radius 1 is 0.667 bits per heavy atom. The molecule has 0 spiro atoms. The number of anilines is 5. The molecule has 0 amide bonds. The monoisotopic (exact) mass is 1100 g/mol. The van der Waals surface area contributed by atoms with Crippen LogP contribution in [0.15, 0.2) is 106 Å². The SMILES string of the molecule is CCN(CC)CC.COc1cc(N)cc(C)c1OC.COc1cc(Nc2ncc(Br)c(Nc3ccccc3)n2)cc(C)c1OC.Clc1ncc(Br)c(Oc2ccccc2)n1.[Cl][Zn][Cl]. The van der Waals surface area contributed by atoms with Crippen LogP contribution in [0.1, 0.15) is 31.9 Å². The normalized spacial score (nSPS) is 9.76. The molecule has 4 aromatic carbocycles. The molecular weight excluding hydrogens is 1050 g/mol. The molecule has 0 radical (unpaired) electrons. The summed E-state index contributed by atoms with van der Waals surface area (Å²) >= 11 is 11.5. The van der Waals surface area contributed by atoms with E-state index in [1.54, 1.807) is 46.9 Å². The third-order valence-electron chi connectivity index (χ3n) is 8.37. The molecule has 63 heavy (non-hydrogen) atoms. The van der Waals surface area contributed by atoms with E-state index in [0.717, 1.165) is 32.7 Å². The van der Waals surface area contributed by atoms with E-state index in [1.807, 2.05) is 92.7 Å². The predicted molar refractivity (Wildman–Crippen MR) is 262 cm³/mol. The molecule has 2 aromatic heterocycles. The van der Waals surface area contributed by atoms with Crippen molar-refractivity contribution in [3.63, 3.8) is 0 Å². The molecule has 0 aliphatic heterocycles. The second kappa shape index (κ2) is 30.9. The average molecular weight is 1110 g/mol. The number of halogens is 5. The van der Waals surface area contributed by atoms with Crippen molar-refractivity contribution in [2.45, 2.75) is 34.6 Å². The Bertz CT molecular complexity index is 2230. The number of aromatic nitrogens is 4. The van der Waals surface area contributed by atoms with Gasteiger partial charge in [0, 0.05) is 41.6 Å². The number of hydrogen-bond acceptors (Lipinski definition) is 13. The second-order valence-electron chi connectivity index (χ2n) is 12.5. The number of hydrogen-bond donors (Lipinski definition) is 3. The molecule has 0 atom stereocenters. The van der Waals surface area contributed by atoms with Crippen molar-refractivity contribution < 1.29 is 38.8 Å². The zero-order valence-corrected chi connectivity index (χ0v) is 45.2. The van der Waals surface area contributed by atoms with Crippen molar-refractivity contribution in [1.82, 2.24) is 24.8 Å². The summed E-state index contributed by atoms with van der Waals surface area (Å²) < 4.78 is 27.9. The number of nitrogen functional groups attached to an aromatic ring is 1. The Labute approximate surface area is 408 Å². The number of para-hydroxylation sites is 2. The van der Waals surface area contributed by atoms with Gasteiger partial charge < -0.3 is 45.0 Å². The zero-order valence-electron chi connectivity index (χ0n) is 36.8. The molecule has 0 aliphatic carbocycles. The summed E-state index contributed by atoms with van der Waals surface area (Å²) in [5.41, 5.74) is 10.00. The number of nitrogens with two attached hydrogens (primary N) is 1. The number of methoxy groups -OCH3 is 4. The Kier molecular flexibility index (Phi) is 26.9. The van der Waals surface area contributed by atoms with Crippen molar-refractivity contribution in [3.8, 4) is 34.6 Å². The molecular formula is C44H53Br2Cl3N8O5Zn. The Hall–Kier alpha value is -4.15. The van der Waals surface area contributed by atoms with Crippen LogP contribution in [0.5, 0.6) is 34.6 Å². The summed E-state index contributed by atoms with van der Waals surface area (Å²) in [6, 6.07) is 26.6. The first-order valence-corrected chi connectivity index (χ1v) is 29.1. The van der Waals surface area contributed by atoms with E-state index in [9.17, 15) is 0 Å². The summed E-state index contributed by atoms with van der Waals surface area (Å²) in [5, 5.41) is 6.63. The Morgan fingerprint density at radius 3 is 1.71 bits per heavy atom. The van der Waals surface area contributed by atoms with Gasteiger partial charge in [-0.25, -0.2) is 9.97 Å². The van der Waals surface area contributed by atoms with Crippen LogP contribution >= 0.6 is 62.8 Å². The van der Waals surface area contributed by atoms with Crippen LogP contribution in [0, 0.1) is 13.8 Å². The van der Waals surface area contributed by atoms with E-state index in [1.165, 1.54) is 19.6 Å². The molecule has 4 N–H and O–H groups in total. The van der Waals surface area contributed by atoms with Crippen LogP contribution in [0.3, 0.4) is 0 Å². The van der Waals surface area contributed by atoms with Crippen molar-refractivity contribution in [2.24, 2.45) is 0 Å². The molecule has 19 heteroatoms. The van der Waals surface area contributed by atoms with Crippen LogP contribution in [0.4, 0.5) is 28.8 Å². The summed E-state index contributed by atoms with van der Waals surface area (Å²) in [6.07, 6.45) is 3.25. The third-order valence-corrected chi connectivity index (χ3v) is 9.68. The van der Waals surface area contributed by atoms with Crippen LogP contribution in [0.2, 0.25) is 5.28 Å². The number of rotatable bonds is 13. The summed E-state index contributed by atoms with van der Waals surface area (Å²) in [4.78, 5) is 19.0. The van der Waals surface area contributed by atoms with Gasteiger partial charge in [-0.2, -0.15) is 9.97 Å². The second-order valence-corrected chi connectivity index (χ2v) is 19.2. The van der Waals surface area contributed by atoms with Crippen molar-refractivity contribution in [1.29, 1.82) is 0 Å². The molecule has 2 heterocycles. The van der Waals surface area contributed by atoms with Crippen LogP contribution in [-0.4, -0.2) is 72.9 Å². The first kappa shape index (κ1) is 55.0. The Morgan fingerprint density at radius 2 is 1.19 bits per heavy atom. The van der Waals surface area contributed by atoms with Gasteiger partial charge in [0.2, 0.25) is 17.1 Å². The minimum absolute atomic E-state index is 0.157. The minimum atomic E-state index is -0.931. The van der Waals surface area contributed by atoms with Crippen LogP contribution in [-0.2, 0) is 15.1 Å². The van der Waals surface area contributed by atoms with Crippen molar-refractivity contribution in [3.05, 3.63) is 123 Å². The zero-order chi connectivity index (χ0) is 46.7. The van der Waals surface area contributed by atoms with Gasteiger partial charge in [0.25, 0.3) is 0 Å². The number of benzene rings is 4. The van der Waals surface area contributed by atoms with Gasteiger partial charge in [0.15, 0.2) is 23.0 Å². The molecule has 0 fully saturated rings. The molecule has 0 saturated carbocycles. The fourth-order valence-electron chi connectivity index (χ4n) is 5.38. The summed E-state index contributed by atoms with van der Waals surface area (Å²) in [6.45, 7) is 14.0. The molecule has 13 nitrogen and oxygen atoms in total. The van der Waals surface area contributed by atoms with Gasteiger partial charge >= 0.3 is 34.5 Å². The van der Waals surface area contributed by atoms with Crippen LogP contribution < -0.4 is 40.1 Å². The maximum atomic E-state index is 5.66. The van der Waals surface area contributed by atoms with Gasteiger partial charge in [0.1, 0.15) is 11.6 Å². The number of aryl methyl sites for hydroxylation is 2. The van der Waals surface area contributed by atoms with Crippen LogP contribution in [0.25, 0.3) is 0 Å². The van der Waals surface area contributed by atoms with Gasteiger partial charge in [-0.15, -0.1) is 0 Å². The fourth-order valence-corrected chi connectivity index (χ4v) is 6.07. The molecule has 0 unspecified atom stereocenters. The molecule has 6 aromatic rings. The molecule has 336 valence electrons. The number of nitrogens with zero attached hydrogens (tertiary/aromatic N) is 5. The molecule has 6 rings (SSSR count). The van der Waals surface area contributed by atoms with E-state index in [-0.39, 0.29) is 5.28 Å². The maximum absolute atomic E-state index is 5.66. The summed E-state index contributed by atoms with van der Waals surface area (Å²) in [5.74, 6) is 5.02. The standard InChI is InChI=1S/C19H19BrN4O2.C10H6BrClN2O.C9H13NO2.C6H15N.2ClH.Zn/c1-12-9-14(10-16(25-2)17(12)26-3)23-19-21-11-15(20)18(24-19)22-13-7-5-4-6-8-13;11-8-6-13-10(12)14-9(8)15-7-4-2-1-3-5-7;1-6-4-7(10)5-8(11-2)9(6)12-3;1-4-7(5-2)6-3;;;/h4-11H,1-3H3,(H2,21,22,23,24);1-6H;4-5H,10H2,1-3H3;4-6H2,1-3H3;2*1H;/q;;;;;;+2/p-2. The van der Waals surface area contributed by atoms with Gasteiger partial charge in [-0.05, 0) is 124 Å². The van der Waals surface area contributed by atoms with E-state index in [0.29, 0.717) is 50.8 Å². The van der Waals surface area contributed by atoms with Crippen molar-refractivity contribution >= 4 is 91.7 Å². The number of ether oxygens (including phenoxy) is 5. The summed E-state index contributed by atoms with van der Waals surface area (Å²) in [7, 11) is 16.3. The molecule has 0 bridgehead atoms. The third kappa shape index (κ3) is 19.6. The molecule has 0 aliphatic rings. The fraction of sp³-hybridized carbons (Fsp3) is 0.273. The predicted octanol–water partition coefficient (Wildman–Crippen LogP) is 13.1. The van der Waals surface area contributed by atoms with Crippen molar-refractivity contribution in [2.75, 3.05) is 64.4 Å².